The van der Waals surface area contributed by atoms with Crippen LogP contribution in [0.15, 0.2) is 36.8 Å². The monoisotopic (exact) mass is 554 g/mol. The molecule has 0 bridgehead atoms. The van der Waals surface area contributed by atoms with E-state index in [1.165, 1.54) is 13.2 Å². The molecule has 1 fully saturated rings. The van der Waals surface area contributed by atoms with Gasteiger partial charge in [-0.1, -0.05) is 19.9 Å². The first kappa shape index (κ1) is 27.4. The van der Waals surface area contributed by atoms with E-state index < -0.39 is 21.6 Å². The maximum atomic E-state index is 14.7. The number of hydrogen-bond donors (Lipinski definition) is 2. The Morgan fingerprint density at radius 2 is 1.97 bits per heavy atom. The molecule has 4 atom stereocenters. The first-order valence-electron chi connectivity index (χ1n) is 13.2. The maximum Gasteiger partial charge on any atom is 0.157 e. The predicted octanol–water partition coefficient (Wildman–Crippen LogP) is 4.42. The minimum Gasteiger partial charge on any atom is -0.389 e. The highest BCUT2D eigenvalue weighted by Gasteiger charge is 2.39. The lowest BCUT2D eigenvalue weighted by molar-refractivity contribution is 0.00561. The number of allylic oxidation sites excluding steroid dienone is 1. The Labute approximate surface area is 228 Å². The molecule has 0 spiro atoms. The van der Waals surface area contributed by atoms with Crippen LogP contribution >= 0.6 is 0 Å². The summed E-state index contributed by atoms with van der Waals surface area (Å²) in [4.78, 5) is 20.5. The van der Waals surface area contributed by atoms with Crippen molar-refractivity contribution >= 4 is 43.6 Å². The molecule has 3 aromatic rings. The number of nitrogens with zero attached hydrogens (tertiary/aromatic N) is 5. The van der Waals surface area contributed by atoms with Gasteiger partial charge >= 0.3 is 0 Å². The Morgan fingerprint density at radius 3 is 2.64 bits per heavy atom. The summed E-state index contributed by atoms with van der Waals surface area (Å²) < 4.78 is 38.3. The molecule has 39 heavy (non-hydrogen) atoms. The van der Waals surface area contributed by atoms with Gasteiger partial charge in [-0.3, -0.25) is 0 Å². The van der Waals surface area contributed by atoms with Gasteiger partial charge in [-0.15, -0.1) is 0 Å². The van der Waals surface area contributed by atoms with Gasteiger partial charge in [-0.05, 0) is 54.8 Å². The summed E-state index contributed by atoms with van der Waals surface area (Å²) in [5.41, 5.74) is 0.0156. The average molecular weight is 555 g/mol. The number of aliphatic hydroxyl groups excluding tert-OH is 1. The fourth-order valence-corrected chi connectivity index (χ4v) is 6.56. The highest BCUT2D eigenvalue weighted by molar-refractivity contribution is 7.90. The summed E-state index contributed by atoms with van der Waals surface area (Å²) in [5, 5.41) is 15.1. The van der Waals surface area contributed by atoms with Crippen molar-refractivity contribution in [2.45, 2.75) is 64.3 Å². The van der Waals surface area contributed by atoms with Gasteiger partial charge in [0, 0.05) is 55.2 Å². The minimum absolute atomic E-state index is 0.0410. The number of alkyl halides is 1. The molecule has 0 aromatic carbocycles. The molecule has 1 aliphatic carbocycles. The van der Waals surface area contributed by atoms with Crippen LogP contribution in [0.4, 0.5) is 21.8 Å². The van der Waals surface area contributed by atoms with E-state index in [2.05, 4.69) is 39.0 Å². The van der Waals surface area contributed by atoms with Gasteiger partial charge in [-0.2, -0.15) is 0 Å². The van der Waals surface area contributed by atoms with Gasteiger partial charge in [-0.25, -0.2) is 32.7 Å². The second-order valence-electron chi connectivity index (χ2n) is 11.4. The first-order valence-corrected chi connectivity index (χ1v) is 15.3. The second kappa shape index (κ2) is 10.1. The number of nitrogens with one attached hydrogen (secondary N) is 1. The Hall–Kier alpha value is -3.18. The van der Waals surface area contributed by atoms with Crippen LogP contribution in [0.1, 0.15) is 57.8 Å². The second-order valence-corrected chi connectivity index (χ2v) is 13.6. The zero-order valence-corrected chi connectivity index (χ0v) is 23.7. The lowest BCUT2D eigenvalue weighted by atomic mass is 9.85. The lowest BCUT2D eigenvalue weighted by Crippen LogP contribution is -2.57. The fraction of sp³-hybridized carbons (Fsp3) is 0.500. The minimum atomic E-state index is -3.05. The van der Waals surface area contributed by atoms with Gasteiger partial charge in [0.25, 0.3) is 0 Å². The van der Waals surface area contributed by atoms with E-state index in [9.17, 15) is 17.9 Å². The smallest absolute Gasteiger partial charge is 0.157 e. The maximum absolute atomic E-state index is 14.7. The number of aromatic nitrogens is 4. The fourth-order valence-electron chi connectivity index (χ4n) is 5.39. The van der Waals surface area contributed by atoms with Gasteiger partial charge in [0.05, 0.1) is 11.9 Å². The normalized spacial score (nSPS) is 25.5. The molecule has 1 aliphatic heterocycles. The third-order valence-electron chi connectivity index (χ3n) is 7.82. The molecule has 11 heteroatoms. The highest BCUT2D eigenvalue weighted by atomic mass is 32.2. The summed E-state index contributed by atoms with van der Waals surface area (Å²) >= 11 is 0. The Morgan fingerprint density at radius 1 is 1.21 bits per heavy atom. The number of anilines is 3. The van der Waals surface area contributed by atoms with Crippen molar-refractivity contribution in [3.05, 3.63) is 48.2 Å². The van der Waals surface area contributed by atoms with Crippen LogP contribution < -0.4 is 10.2 Å². The zero-order chi connectivity index (χ0) is 28.1. The number of halogens is 1. The summed E-state index contributed by atoms with van der Waals surface area (Å²) in [5.74, 6) is 2.81. The number of pyridine rings is 2. The third-order valence-corrected chi connectivity index (χ3v) is 8.85. The van der Waals surface area contributed by atoms with Crippen molar-refractivity contribution in [1.82, 2.24) is 19.9 Å². The summed E-state index contributed by atoms with van der Waals surface area (Å²) in [6.45, 7) is 8.29. The van der Waals surface area contributed by atoms with Crippen LogP contribution in [0, 0.1) is 5.92 Å². The van der Waals surface area contributed by atoms with Crippen molar-refractivity contribution in [3.8, 4) is 0 Å². The molecule has 2 N–H and O–H groups in total. The molecular weight excluding hydrogens is 519 g/mol. The molecule has 0 radical (unpaired) electrons. The topological polar surface area (TPSA) is 121 Å². The van der Waals surface area contributed by atoms with Crippen LogP contribution in [0.25, 0.3) is 16.3 Å². The lowest BCUT2D eigenvalue weighted by Gasteiger charge is -2.47. The molecule has 4 heterocycles. The van der Waals surface area contributed by atoms with Crippen molar-refractivity contribution in [2.75, 3.05) is 28.8 Å². The van der Waals surface area contributed by atoms with Crippen LogP contribution in [-0.2, 0) is 9.84 Å². The van der Waals surface area contributed by atoms with Gasteiger partial charge in [0.1, 0.15) is 33.0 Å². The summed E-state index contributed by atoms with van der Waals surface area (Å²) in [7, 11) is -3.05. The number of sulfone groups is 1. The van der Waals surface area contributed by atoms with E-state index >= 15 is 0 Å². The average Bonchev–Trinajstić information content (AvgIpc) is 2.86. The zero-order valence-electron chi connectivity index (χ0n) is 22.9. The SMILES string of the molecule is CC(C)c1cnc(N2C[C@@H](CS(C)(=O)=O)[C@@H]2C)c2cnc(Nc3ccnc(C4=CC[C@@H](O)[C@@](C)(F)C4)n3)cc12. The van der Waals surface area contributed by atoms with E-state index in [0.29, 0.717) is 29.6 Å². The van der Waals surface area contributed by atoms with E-state index in [1.807, 2.05) is 19.2 Å². The van der Waals surface area contributed by atoms with E-state index in [4.69, 9.17) is 4.98 Å². The molecule has 9 nitrogen and oxygen atoms in total. The van der Waals surface area contributed by atoms with E-state index in [1.54, 1.807) is 24.5 Å². The Balaban J connectivity index is 1.43. The number of hydrogen-bond acceptors (Lipinski definition) is 9. The molecule has 2 aliphatic rings. The highest BCUT2D eigenvalue weighted by Crippen LogP contribution is 2.38. The quantitative estimate of drug-likeness (QED) is 0.437. The molecule has 0 unspecified atom stereocenters. The van der Waals surface area contributed by atoms with E-state index in [-0.39, 0.29) is 36.5 Å². The van der Waals surface area contributed by atoms with Crippen molar-refractivity contribution in [2.24, 2.45) is 5.92 Å². The number of rotatable bonds is 7. The van der Waals surface area contributed by atoms with Crippen molar-refractivity contribution in [3.63, 3.8) is 0 Å². The van der Waals surface area contributed by atoms with Crippen molar-refractivity contribution < 1.29 is 17.9 Å². The summed E-state index contributed by atoms with van der Waals surface area (Å²) in [6, 6.07) is 3.76. The van der Waals surface area contributed by atoms with Gasteiger partial charge < -0.3 is 15.3 Å². The molecule has 1 saturated heterocycles. The van der Waals surface area contributed by atoms with Crippen LogP contribution in [-0.4, -0.2) is 69.8 Å². The number of fused-ring (bicyclic) bond motifs is 1. The standard InChI is InChI=1S/C28H35FN6O3S/c1-16(2)21-12-32-27(35-14-19(17(35)3)15-39(5,37)38)22-13-31-25(10-20(21)22)33-24-8-9-30-26(34-24)18-6-7-23(36)28(4,29)11-18/h6,8-10,12-13,16-17,19,23,36H,7,11,14-15H2,1-5H3,(H,30,31,33,34)/t17-,19-,23+,28-/m0/s1. The third kappa shape index (κ3) is 5.60. The molecule has 5 rings (SSSR count). The predicted molar refractivity (Wildman–Crippen MR) is 152 cm³/mol. The largest absolute Gasteiger partial charge is 0.389 e. The Bertz CT molecular complexity index is 1540. The van der Waals surface area contributed by atoms with Gasteiger partial charge in [0.2, 0.25) is 0 Å². The summed E-state index contributed by atoms with van der Waals surface area (Å²) in [6.07, 6.45) is 7.60. The van der Waals surface area contributed by atoms with Crippen molar-refractivity contribution in [1.29, 1.82) is 0 Å². The van der Waals surface area contributed by atoms with Crippen LogP contribution in [0.2, 0.25) is 0 Å². The van der Waals surface area contributed by atoms with Gasteiger partial charge in [0.15, 0.2) is 5.82 Å². The number of aliphatic hydroxyl groups is 1. The first-order chi connectivity index (χ1) is 18.3. The molecule has 0 amide bonds. The van der Waals surface area contributed by atoms with E-state index in [0.717, 1.165) is 22.2 Å². The molecule has 0 saturated carbocycles. The molecule has 208 valence electrons. The Kier molecular flexibility index (Phi) is 7.09. The van der Waals surface area contributed by atoms with Crippen LogP contribution in [0.3, 0.4) is 0 Å². The molecular formula is C28H35FN6O3S. The molecule has 3 aromatic heterocycles. The van der Waals surface area contributed by atoms with Crippen LogP contribution in [0.5, 0.6) is 0 Å².